The third-order valence-corrected chi connectivity index (χ3v) is 6.25. The van der Waals surface area contributed by atoms with E-state index in [0.717, 1.165) is 36.9 Å². The molecular formula is C20H24N2O3. The van der Waals surface area contributed by atoms with Crippen molar-refractivity contribution in [1.29, 1.82) is 0 Å². The SMILES string of the molecule is CCc1ccccc1NC(=O)CCN1C(=O)[C@@H]2[C@@H]3CC[C@@H](C3)[C@@H]2C1=O. The summed E-state index contributed by atoms with van der Waals surface area (Å²) in [5, 5.41) is 2.91. The van der Waals surface area contributed by atoms with Crippen molar-refractivity contribution >= 4 is 23.4 Å². The summed E-state index contributed by atoms with van der Waals surface area (Å²) < 4.78 is 0. The van der Waals surface area contributed by atoms with Crippen molar-refractivity contribution < 1.29 is 14.4 Å². The zero-order valence-electron chi connectivity index (χ0n) is 14.5. The van der Waals surface area contributed by atoms with Crippen LogP contribution in [0.25, 0.3) is 0 Å². The zero-order valence-corrected chi connectivity index (χ0v) is 14.5. The number of hydrogen-bond acceptors (Lipinski definition) is 3. The van der Waals surface area contributed by atoms with Gasteiger partial charge in [0.05, 0.1) is 11.8 Å². The van der Waals surface area contributed by atoms with E-state index >= 15 is 0 Å². The Labute approximate surface area is 147 Å². The number of likely N-dealkylation sites (tertiary alicyclic amines) is 1. The number of anilines is 1. The molecule has 4 rings (SSSR count). The second-order valence-electron chi connectivity index (χ2n) is 7.52. The third kappa shape index (κ3) is 2.66. The predicted molar refractivity (Wildman–Crippen MR) is 93.6 cm³/mol. The maximum absolute atomic E-state index is 12.6. The summed E-state index contributed by atoms with van der Waals surface area (Å²) in [6.07, 6.45) is 4.19. The Morgan fingerprint density at radius 2 is 1.76 bits per heavy atom. The summed E-state index contributed by atoms with van der Waals surface area (Å²) in [5.41, 5.74) is 1.89. The van der Waals surface area contributed by atoms with Gasteiger partial charge in [0.1, 0.15) is 0 Å². The first-order chi connectivity index (χ1) is 12.1. The van der Waals surface area contributed by atoms with Crippen molar-refractivity contribution in [3.63, 3.8) is 0 Å². The molecule has 3 aliphatic rings. The highest BCUT2D eigenvalue weighted by Gasteiger charge is 2.60. The summed E-state index contributed by atoms with van der Waals surface area (Å²) in [5.74, 6) is 0.350. The number of benzene rings is 1. The highest BCUT2D eigenvalue weighted by molar-refractivity contribution is 6.06. The molecule has 1 aliphatic heterocycles. The minimum atomic E-state index is -0.151. The summed E-state index contributed by atoms with van der Waals surface area (Å²) in [7, 11) is 0. The fourth-order valence-electron chi connectivity index (χ4n) is 5.07. The average Bonchev–Trinajstić information content (AvgIpc) is 3.28. The third-order valence-electron chi connectivity index (χ3n) is 6.25. The fourth-order valence-corrected chi connectivity index (χ4v) is 5.07. The van der Waals surface area contributed by atoms with E-state index in [1.165, 1.54) is 4.90 Å². The van der Waals surface area contributed by atoms with Crippen molar-refractivity contribution in [1.82, 2.24) is 4.90 Å². The first kappa shape index (κ1) is 16.3. The fraction of sp³-hybridized carbons (Fsp3) is 0.550. The van der Waals surface area contributed by atoms with Crippen LogP contribution in [-0.2, 0) is 20.8 Å². The lowest BCUT2D eigenvalue weighted by Gasteiger charge is -2.19. The molecule has 4 atom stereocenters. The second kappa shape index (κ2) is 6.28. The van der Waals surface area contributed by atoms with Crippen molar-refractivity contribution in [3.8, 4) is 0 Å². The molecule has 0 spiro atoms. The largest absolute Gasteiger partial charge is 0.326 e. The number of imide groups is 1. The highest BCUT2D eigenvalue weighted by Crippen LogP contribution is 2.56. The van der Waals surface area contributed by atoms with Gasteiger partial charge in [0.2, 0.25) is 17.7 Å². The van der Waals surface area contributed by atoms with Gasteiger partial charge in [-0.05, 0) is 49.1 Å². The molecule has 2 saturated carbocycles. The molecule has 1 aromatic carbocycles. The van der Waals surface area contributed by atoms with Crippen LogP contribution >= 0.6 is 0 Å². The maximum Gasteiger partial charge on any atom is 0.233 e. The first-order valence-corrected chi connectivity index (χ1v) is 9.33. The summed E-state index contributed by atoms with van der Waals surface area (Å²) in [4.78, 5) is 38.9. The number of carbonyl (C=O) groups excluding carboxylic acids is 3. The van der Waals surface area contributed by atoms with Crippen LogP contribution in [-0.4, -0.2) is 29.2 Å². The van der Waals surface area contributed by atoms with Gasteiger partial charge in [0, 0.05) is 18.7 Å². The van der Waals surface area contributed by atoms with E-state index in [0.29, 0.717) is 11.8 Å². The monoisotopic (exact) mass is 340 g/mol. The zero-order chi connectivity index (χ0) is 17.6. The Balaban J connectivity index is 1.38. The van der Waals surface area contributed by atoms with Crippen molar-refractivity contribution in [2.75, 3.05) is 11.9 Å². The van der Waals surface area contributed by atoms with Crippen LogP contribution in [0.15, 0.2) is 24.3 Å². The number of nitrogens with zero attached hydrogens (tertiary/aromatic N) is 1. The quantitative estimate of drug-likeness (QED) is 0.838. The Bertz CT molecular complexity index is 701. The summed E-state index contributed by atoms with van der Waals surface area (Å²) in [6.45, 7) is 2.24. The van der Waals surface area contributed by atoms with Gasteiger partial charge in [-0.3, -0.25) is 19.3 Å². The molecule has 132 valence electrons. The number of nitrogens with one attached hydrogen (secondary N) is 1. The van der Waals surface area contributed by atoms with Gasteiger partial charge >= 0.3 is 0 Å². The number of para-hydroxylation sites is 1. The van der Waals surface area contributed by atoms with Crippen LogP contribution in [0, 0.1) is 23.7 Å². The van der Waals surface area contributed by atoms with Gasteiger partial charge in [-0.2, -0.15) is 0 Å². The van der Waals surface area contributed by atoms with E-state index in [1.54, 1.807) is 0 Å². The summed E-state index contributed by atoms with van der Waals surface area (Å²) >= 11 is 0. The molecule has 0 radical (unpaired) electrons. The molecule has 0 aromatic heterocycles. The van der Waals surface area contributed by atoms with Crippen LogP contribution in [0.2, 0.25) is 0 Å². The van der Waals surface area contributed by atoms with E-state index in [-0.39, 0.29) is 42.5 Å². The molecule has 2 bridgehead atoms. The maximum atomic E-state index is 12.6. The van der Waals surface area contributed by atoms with Gasteiger partial charge in [-0.25, -0.2) is 0 Å². The Kier molecular flexibility index (Phi) is 4.10. The molecule has 5 heteroatoms. The lowest BCUT2D eigenvalue weighted by Crippen LogP contribution is -2.35. The Morgan fingerprint density at radius 1 is 1.12 bits per heavy atom. The lowest BCUT2D eigenvalue weighted by molar-refractivity contribution is -0.140. The van der Waals surface area contributed by atoms with Crippen LogP contribution in [0.1, 0.15) is 38.2 Å². The molecule has 1 saturated heterocycles. The highest BCUT2D eigenvalue weighted by atomic mass is 16.2. The second-order valence-corrected chi connectivity index (χ2v) is 7.52. The number of carbonyl (C=O) groups is 3. The standard InChI is InChI=1S/C20H24N2O3/c1-2-12-5-3-4-6-15(12)21-16(23)9-10-22-19(24)17-13-7-8-14(11-13)18(17)20(22)25/h3-6,13-14,17-18H,2,7-11H2,1H3,(H,21,23)/t13-,14+,17-,18+. The van der Waals surface area contributed by atoms with Crippen molar-refractivity contribution in [3.05, 3.63) is 29.8 Å². The molecule has 1 aromatic rings. The number of hydrogen-bond donors (Lipinski definition) is 1. The van der Waals surface area contributed by atoms with Crippen LogP contribution in [0.5, 0.6) is 0 Å². The van der Waals surface area contributed by atoms with E-state index in [2.05, 4.69) is 5.32 Å². The molecular weight excluding hydrogens is 316 g/mol. The average molecular weight is 340 g/mol. The number of fused-ring (bicyclic) bond motifs is 5. The normalized spacial score (nSPS) is 30.0. The van der Waals surface area contributed by atoms with Crippen LogP contribution < -0.4 is 5.32 Å². The van der Waals surface area contributed by atoms with Gasteiger partial charge in [0.25, 0.3) is 0 Å². The van der Waals surface area contributed by atoms with Gasteiger partial charge in [-0.1, -0.05) is 25.1 Å². The molecule has 3 fully saturated rings. The lowest BCUT2D eigenvalue weighted by atomic mass is 9.81. The van der Waals surface area contributed by atoms with E-state index < -0.39 is 0 Å². The molecule has 25 heavy (non-hydrogen) atoms. The topological polar surface area (TPSA) is 66.5 Å². The molecule has 1 N–H and O–H groups in total. The van der Waals surface area contributed by atoms with Crippen LogP contribution in [0.4, 0.5) is 5.69 Å². The van der Waals surface area contributed by atoms with Gasteiger partial charge in [-0.15, -0.1) is 0 Å². The minimum absolute atomic E-state index is 0.0380. The first-order valence-electron chi connectivity index (χ1n) is 9.33. The van der Waals surface area contributed by atoms with Crippen LogP contribution in [0.3, 0.4) is 0 Å². The minimum Gasteiger partial charge on any atom is -0.326 e. The number of rotatable bonds is 5. The molecule has 0 unspecified atom stereocenters. The van der Waals surface area contributed by atoms with E-state index in [9.17, 15) is 14.4 Å². The van der Waals surface area contributed by atoms with Crippen molar-refractivity contribution in [2.24, 2.45) is 23.7 Å². The Morgan fingerprint density at radius 3 is 2.40 bits per heavy atom. The predicted octanol–water partition coefficient (Wildman–Crippen LogP) is 2.61. The number of aryl methyl sites for hydroxylation is 1. The van der Waals surface area contributed by atoms with Crippen molar-refractivity contribution in [2.45, 2.75) is 39.0 Å². The van der Waals surface area contributed by atoms with Gasteiger partial charge in [0.15, 0.2) is 0 Å². The number of amides is 3. The molecule has 1 heterocycles. The van der Waals surface area contributed by atoms with Gasteiger partial charge < -0.3 is 5.32 Å². The summed E-state index contributed by atoms with van der Waals surface area (Å²) in [6, 6.07) is 7.70. The Hall–Kier alpha value is -2.17. The van der Waals surface area contributed by atoms with E-state index in [1.807, 2.05) is 31.2 Å². The molecule has 3 amide bonds. The smallest absolute Gasteiger partial charge is 0.233 e. The van der Waals surface area contributed by atoms with E-state index in [4.69, 9.17) is 0 Å². The molecule has 2 aliphatic carbocycles. The molecule has 5 nitrogen and oxygen atoms in total.